The zero-order valence-electron chi connectivity index (χ0n) is 10.4. The number of hydrogen-bond acceptors (Lipinski definition) is 6. The minimum atomic E-state index is -0.152. The summed E-state index contributed by atoms with van der Waals surface area (Å²) in [5.41, 5.74) is 0.270. The van der Waals surface area contributed by atoms with Gasteiger partial charge in [0.1, 0.15) is 11.8 Å². The number of anilines is 1. The number of aromatic nitrogens is 2. The molecule has 0 saturated heterocycles. The van der Waals surface area contributed by atoms with E-state index in [2.05, 4.69) is 15.3 Å². The molecule has 0 aliphatic rings. The standard InChI is InChI=1S/C11H15N5O2/c1-16(8-10(17)13-5-6-18-2)11-14-4-3-9(7-12)15-11/h3-4H,5-6,8H2,1-2H3,(H,13,17). The monoisotopic (exact) mass is 249 g/mol. The van der Waals surface area contributed by atoms with E-state index in [1.807, 2.05) is 6.07 Å². The maximum Gasteiger partial charge on any atom is 0.239 e. The van der Waals surface area contributed by atoms with E-state index >= 15 is 0 Å². The number of nitrogens with zero attached hydrogens (tertiary/aromatic N) is 4. The number of rotatable bonds is 6. The van der Waals surface area contributed by atoms with Crippen LogP contribution in [0.15, 0.2) is 12.3 Å². The molecule has 7 heteroatoms. The third-order valence-electron chi connectivity index (χ3n) is 2.11. The van der Waals surface area contributed by atoms with Crippen LogP contribution < -0.4 is 10.2 Å². The minimum Gasteiger partial charge on any atom is -0.383 e. The van der Waals surface area contributed by atoms with Gasteiger partial charge in [0.05, 0.1) is 13.2 Å². The molecule has 0 saturated carbocycles. The summed E-state index contributed by atoms with van der Waals surface area (Å²) in [7, 11) is 3.26. The van der Waals surface area contributed by atoms with Gasteiger partial charge in [-0.05, 0) is 6.07 Å². The number of ether oxygens (including phenoxy) is 1. The van der Waals surface area contributed by atoms with Gasteiger partial charge in [0, 0.05) is 26.9 Å². The van der Waals surface area contributed by atoms with Gasteiger partial charge in [-0.3, -0.25) is 4.79 Å². The molecule has 1 rings (SSSR count). The summed E-state index contributed by atoms with van der Waals surface area (Å²) in [6.45, 7) is 1.05. The number of amides is 1. The topological polar surface area (TPSA) is 91.1 Å². The highest BCUT2D eigenvalue weighted by atomic mass is 16.5. The lowest BCUT2D eigenvalue weighted by molar-refractivity contribution is -0.119. The predicted molar refractivity (Wildman–Crippen MR) is 64.9 cm³/mol. The van der Waals surface area contributed by atoms with E-state index < -0.39 is 0 Å². The second-order valence-electron chi connectivity index (χ2n) is 3.55. The first-order valence-electron chi connectivity index (χ1n) is 5.37. The van der Waals surface area contributed by atoms with Crippen molar-refractivity contribution in [2.45, 2.75) is 0 Å². The fourth-order valence-electron chi connectivity index (χ4n) is 1.23. The predicted octanol–water partition coefficient (Wildman–Crippen LogP) is -0.453. The van der Waals surface area contributed by atoms with Crippen LogP contribution in [0.2, 0.25) is 0 Å². The van der Waals surface area contributed by atoms with E-state index in [0.29, 0.717) is 19.1 Å². The Kier molecular flexibility index (Phi) is 5.54. The first-order valence-corrected chi connectivity index (χ1v) is 5.37. The maximum absolute atomic E-state index is 11.5. The summed E-state index contributed by atoms with van der Waals surface area (Å²) in [6, 6.07) is 3.43. The Morgan fingerprint density at radius 2 is 2.44 bits per heavy atom. The van der Waals surface area contributed by atoms with Crippen LogP contribution in [0.5, 0.6) is 0 Å². The first-order chi connectivity index (χ1) is 8.67. The summed E-state index contributed by atoms with van der Waals surface area (Å²) in [5.74, 6) is 0.191. The molecule has 0 atom stereocenters. The molecule has 0 fully saturated rings. The molecule has 18 heavy (non-hydrogen) atoms. The Labute approximate surface area is 105 Å². The van der Waals surface area contributed by atoms with Gasteiger partial charge < -0.3 is 15.0 Å². The molecule has 1 N–H and O–H groups in total. The van der Waals surface area contributed by atoms with E-state index in [4.69, 9.17) is 10.00 Å². The van der Waals surface area contributed by atoms with Gasteiger partial charge >= 0.3 is 0 Å². The van der Waals surface area contributed by atoms with Crippen molar-refractivity contribution in [3.8, 4) is 6.07 Å². The number of hydrogen-bond donors (Lipinski definition) is 1. The van der Waals surface area contributed by atoms with Crippen molar-refractivity contribution < 1.29 is 9.53 Å². The van der Waals surface area contributed by atoms with Crippen LogP contribution in [0, 0.1) is 11.3 Å². The lowest BCUT2D eigenvalue weighted by Gasteiger charge is -2.16. The molecule has 1 amide bonds. The molecule has 0 aromatic carbocycles. The highest BCUT2D eigenvalue weighted by Gasteiger charge is 2.09. The van der Waals surface area contributed by atoms with Crippen LogP contribution >= 0.6 is 0 Å². The van der Waals surface area contributed by atoms with Crippen molar-refractivity contribution in [2.24, 2.45) is 0 Å². The second-order valence-corrected chi connectivity index (χ2v) is 3.55. The number of nitrogens with one attached hydrogen (secondary N) is 1. The molecule has 7 nitrogen and oxygen atoms in total. The van der Waals surface area contributed by atoms with Crippen LogP contribution in [0.1, 0.15) is 5.69 Å². The van der Waals surface area contributed by atoms with Crippen LogP contribution in [-0.2, 0) is 9.53 Å². The molecule has 96 valence electrons. The lowest BCUT2D eigenvalue weighted by Crippen LogP contribution is -2.37. The van der Waals surface area contributed by atoms with Gasteiger partial charge in [-0.1, -0.05) is 0 Å². The fourth-order valence-corrected chi connectivity index (χ4v) is 1.23. The van der Waals surface area contributed by atoms with Crippen LogP contribution in [0.25, 0.3) is 0 Å². The van der Waals surface area contributed by atoms with E-state index in [1.165, 1.54) is 12.3 Å². The molecule has 0 bridgehead atoms. The third-order valence-corrected chi connectivity index (χ3v) is 2.11. The zero-order valence-corrected chi connectivity index (χ0v) is 10.4. The largest absolute Gasteiger partial charge is 0.383 e. The van der Waals surface area contributed by atoms with Crippen LogP contribution in [-0.4, -0.2) is 49.7 Å². The van der Waals surface area contributed by atoms with Gasteiger partial charge in [0.2, 0.25) is 11.9 Å². The Hall–Kier alpha value is -2.20. The van der Waals surface area contributed by atoms with Gasteiger partial charge in [0.25, 0.3) is 0 Å². The summed E-state index contributed by atoms with van der Waals surface area (Å²) < 4.78 is 4.82. The number of carbonyl (C=O) groups is 1. The number of likely N-dealkylation sites (N-methyl/N-ethyl adjacent to an activating group) is 1. The van der Waals surface area contributed by atoms with Crippen LogP contribution in [0.3, 0.4) is 0 Å². The van der Waals surface area contributed by atoms with Crippen LogP contribution in [0.4, 0.5) is 5.95 Å². The molecule has 1 aromatic heterocycles. The fraction of sp³-hybridized carbons (Fsp3) is 0.455. The van der Waals surface area contributed by atoms with Crippen molar-refractivity contribution in [3.05, 3.63) is 18.0 Å². The quantitative estimate of drug-likeness (QED) is 0.686. The molecular weight excluding hydrogens is 234 g/mol. The Morgan fingerprint density at radius 1 is 1.67 bits per heavy atom. The molecule has 0 radical (unpaired) electrons. The lowest BCUT2D eigenvalue weighted by atomic mass is 10.4. The highest BCUT2D eigenvalue weighted by molar-refractivity contribution is 5.80. The minimum absolute atomic E-state index is 0.124. The number of nitriles is 1. The summed E-state index contributed by atoms with van der Waals surface area (Å²) in [5, 5.41) is 11.4. The van der Waals surface area contributed by atoms with Gasteiger partial charge in [-0.15, -0.1) is 0 Å². The molecule has 0 aliphatic carbocycles. The Morgan fingerprint density at radius 3 is 3.11 bits per heavy atom. The SMILES string of the molecule is COCCNC(=O)CN(C)c1nccc(C#N)n1. The Bertz CT molecular complexity index is 443. The number of carbonyl (C=O) groups excluding carboxylic acids is 1. The van der Waals surface area contributed by atoms with Gasteiger partial charge in [-0.2, -0.15) is 5.26 Å². The average molecular weight is 249 g/mol. The molecular formula is C11H15N5O2. The molecule has 0 aliphatic heterocycles. The van der Waals surface area contributed by atoms with Crippen molar-refractivity contribution in [1.29, 1.82) is 5.26 Å². The van der Waals surface area contributed by atoms with Crippen molar-refractivity contribution >= 4 is 11.9 Å². The molecule has 0 spiro atoms. The Balaban J connectivity index is 2.51. The van der Waals surface area contributed by atoms with E-state index in [-0.39, 0.29) is 18.1 Å². The molecule has 1 heterocycles. The summed E-state index contributed by atoms with van der Waals surface area (Å²) >= 11 is 0. The van der Waals surface area contributed by atoms with Gasteiger partial charge in [-0.25, -0.2) is 9.97 Å². The highest BCUT2D eigenvalue weighted by Crippen LogP contribution is 2.04. The normalized spacial score (nSPS) is 9.61. The summed E-state index contributed by atoms with van der Waals surface area (Å²) in [4.78, 5) is 21.1. The van der Waals surface area contributed by atoms with Crippen molar-refractivity contribution in [1.82, 2.24) is 15.3 Å². The molecule has 1 aromatic rings. The second kappa shape index (κ2) is 7.19. The summed E-state index contributed by atoms with van der Waals surface area (Å²) in [6.07, 6.45) is 1.49. The third kappa shape index (κ3) is 4.35. The molecule has 0 unspecified atom stereocenters. The van der Waals surface area contributed by atoms with E-state index in [0.717, 1.165) is 0 Å². The van der Waals surface area contributed by atoms with E-state index in [1.54, 1.807) is 19.1 Å². The first kappa shape index (κ1) is 13.9. The number of methoxy groups -OCH3 is 1. The zero-order chi connectivity index (χ0) is 13.4. The van der Waals surface area contributed by atoms with Crippen molar-refractivity contribution in [3.63, 3.8) is 0 Å². The van der Waals surface area contributed by atoms with E-state index in [9.17, 15) is 4.79 Å². The maximum atomic E-state index is 11.5. The average Bonchev–Trinajstić information content (AvgIpc) is 2.39. The van der Waals surface area contributed by atoms with Crippen molar-refractivity contribution in [2.75, 3.05) is 38.8 Å². The smallest absolute Gasteiger partial charge is 0.239 e. The van der Waals surface area contributed by atoms with Gasteiger partial charge in [0.15, 0.2) is 0 Å².